The van der Waals surface area contributed by atoms with Gasteiger partial charge in [-0.25, -0.2) is 14.2 Å². The first-order valence-electron chi connectivity index (χ1n) is 13.1. The van der Waals surface area contributed by atoms with Crippen LogP contribution in [0.3, 0.4) is 0 Å². The van der Waals surface area contributed by atoms with Crippen LogP contribution in [-0.4, -0.2) is 42.9 Å². The van der Waals surface area contributed by atoms with E-state index in [9.17, 15) is 14.7 Å². The van der Waals surface area contributed by atoms with Crippen molar-refractivity contribution in [2.24, 2.45) is 17.8 Å². The topological polar surface area (TPSA) is 94.0 Å². The van der Waals surface area contributed by atoms with Crippen LogP contribution >= 0.6 is 0 Å². The summed E-state index contributed by atoms with van der Waals surface area (Å²) in [5, 5.41) is 12.6. The zero-order chi connectivity index (χ0) is 26.0. The number of aromatic nitrogens is 3. The average molecular weight is 502 g/mol. The molecule has 2 fully saturated rings. The SMILES string of the molecule is [C-]#[N+]c1ncc(-n2c(O)c3n(c2=O)C2C[C@H]3N(C(=O)O[C@H]3C[C@@H](C)CC[C@@H]3C(C)C)C2)c2ccccc12. The standard InChI is InChI=1S/C28H31N5O4/c1-15(2)18-10-9-16(3)11-23(18)37-28(36)31-14-17-12-21(31)24-26(34)33(27(35)32(17)24)22-13-30-25(29-4)20-8-6-5-7-19(20)22/h5-8,13,15-18,21,23,34H,9-12,14H2,1-3H3/t16-,17?,18+,21+,23-/m0/s1. The smallest absolute Gasteiger partial charge is 0.410 e. The Morgan fingerprint density at radius 2 is 1.97 bits per heavy atom. The second kappa shape index (κ2) is 8.65. The predicted octanol–water partition coefficient (Wildman–Crippen LogP) is 5.34. The maximum Gasteiger partial charge on any atom is 0.410 e. The van der Waals surface area contributed by atoms with Gasteiger partial charge in [0.15, 0.2) is 0 Å². The number of imidazole rings is 1. The van der Waals surface area contributed by atoms with Gasteiger partial charge < -0.3 is 14.7 Å². The number of fused-ring (bicyclic) bond motifs is 6. The second-order valence-corrected chi connectivity index (χ2v) is 11.1. The zero-order valence-corrected chi connectivity index (χ0v) is 21.3. The van der Waals surface area contributed by atoms with Gasteiger partial charge in [0.2, 0.25) is 5.88 Å². The van der Waals surface area contributed by atoms with E-state index in [0.717, 1.165) is 19.3 Å². The first-order valence-corrected chi connectivity index (χ1v) is 13.1. The molecule has 6 rings (SSSR count). The minimum absolute atomic E-state index is 0.117. The summed E-state index contributed by atoms with van der Waals surface area (Å²) >= 11 is 0. The molecule has 3 aliphatic rings. The molecule has 1 amide bonds. The van der Waals surface area contributed by atoms with E-state index < -0.39 is 6.04 Å². The summed E-state index contributed by atoms with van der Waals surface area (Å²) in [6.07, 6.45) is 4.63. The minimum Gasteiger partial charge on any atom is -0.493 e. The van der Waals surface area contributed by atoms with Crippen LogP contribution in [0.1, 0.15) is 64.2 Å². The molecule has 9 nitrogen and oxygen atoms in total. The Bertz CT molecular complexity index is 1500. The summed E-state index contributed by atoms with van der Waals surface area (Å²) in [4.78, 5) is 36.4. The molecule has 0 spiro atoms. The monoisotopic (exact) mass is 501 g/mol. The molecule has 9 heteroatoms. The normalized spacial score (nSPS) is 26.5. The first-order chi connectivity index (χ1) is 17.8. The maximum absolute atomic E-state index is 13.6. The van der Waals surface area contributed by atoms with E-state index in [1.165, 1.54) is 10.8 Å². The number of carbonyl (C=O) groups is 1. The van der Waals surface area contributed by atoms with Gasteiger partial charge in [0.25, 0.3) is 5.82 Å². The Kier molecular flexibility index (Phi) is 5.51. The Balaban J connectivity index is 1.34. The number of benzene rings is 1. The lowest BCUT2D eigenvalue weighted by Gasteiger charge is -2.38. The largest absolute Gasteiger partial charge is 0.493 e. The summed E-state index contributed by atoms with van der Waals surface area (Å²) in [7, 11) is 0. The van der Waals surface area contributed by atoms with Crippen LogP contribution in [0.25, 0.3) is 21.3 Å². The maximum atomic E-state index is 13.6. The van der Waals surface area contributed by atoms with Crippen LogP contribution in [-0.2, 0) is 4.74 Å². The number of hydrogen-bond acceptors (Lipinski definition) is 5. The molecule has 1 unspecified atom stereocenters. The van der Waals surface area contributed by atoms with Gasteiger partial charge >= 0.3 is 11.8 Å². The molecule has 5 atom stereocenters. The molecule has 1 saturated carbocycles. The van der Waals surface area contributed by atoms with Gasteiger partial charge in [0.1, 0.15) is 23.7 Å². The van der Waals surface area contributed by atoms with E-state index in [1.54, 1.807) is 15.5 Å². The highest BCUT2D eigenvalue weighted by molar-refractivity contribution is 5.97. The van der Waals surface area contributed by atoms with Gasteiger partial charge in [-0.3, -0.25) is 9.47 Å². The molecular weight excluding hydrogens is 470 g/mol. The average Bonchev–Trinajstić information content (AvgIpc) is 3.55. The Labute approximate surface area is 215 Å². The third-order valence-corrected chi connectivity index (χ3v) is 8.61. The van der Waals surface area contributed by atoms with E-state index in [2.05, 4.69) is 30.6 Å². The number of rotatable bonds is 3. The Morgan fingerprint density at radius 1 is 1.22 bits per heavy atom. The lowest BCUT2D eigenvalue weighted by Crippen LogP contribution is -2.42. The molecule has 1 N–H and O–H groups in total. The number of nitrogens with zero attached hydrogens (tertiary/aromatic N) is 5. The summed E-state index contributed by atoms with van der Waals surface area (Å²) in [5.41, 5.74) is 0.488. The quantitative estimate of drug-likeness (QED) is 0.489. The van der Waals surface area contributed by atoms with Crippen molar-refractivity contribution in [1.29, 1.82) is 0 Å². The summed E-state index contributed by atoms with van der Waals surface area (Å²) < 4.78 is 8.97. The molecule has 2 aromatic heterocycles. The highest BCUT2D eigenvalue weighted by Crippen LogP contribution is 2.49. The third kappa shape index (κ3) is 3.53. The van der Waals surface area contributed by atoms with E-state index in [1.807, 2.05) is 18.2 Å². The number of amides is 1. The van der Waals surface area contributed by atoms with Crippen molar-refractivity contribution in [3.05, 3.63) is 58.1 Å². The van der Waals surface area contributed by atoms with Crippen molar-refractivity contribution in [2.75, 3.05) is 6.54 Å². The predicted molar refractivity (Wildman–Crippen MR) is 138 cm³/mol. The molecule has 0 radical (unpaired) electrons. The fourth-order valence-electron chi connectivity index (χ4n) is 6.74. The number of hydrogen-bond donors (Lipinski definition) is 1. The molecule has 1 saturated heterocycles. The molecule has 1 aromatic carbocycles. The van der Waals surface area contributed by atoms with Gasteiger partial charge in [0.05, 0.1) is 12.1 Å². The van der Waals surface area contributed by atoms with Gasteiger partial charge in [0, 0.05) is 17.3 Å². The molecule has 37 heavy (non-hydrogen) atoms. The lowest BCUT2D eigenvalue weighted by atomic mass is 9.75. The van der Waals surface area contributed by atoms with Crippen LogP contribution in [0.4, 0.5) is 10.6 Å². The molecule has 192 valence electrons. The van der Waals surface area contributed by atoms with Crippen molar-refractivity contribution in [2.45, 2.75) is 64.6 Å². The van der Waals surface area contributed by atoms with Gasteiger partial charge in [-0.2, -0.15) is 0 Å². The van der Waals surface area contributed by atoms with Crippen molar-refractivity contribution >= 4 is 22.7 Å². The Hall–Kier alpha value is -3.80. The number of pyridine rings is 1. The van der Waals surface area contributed by atoms with E-state index in [4.69, 9.17) is 11.3 Å². The van der Waals surface area contributed by atoms with Gasteiger partial charge in [-0.15, -0.1) is 4.98 Å². The summed E-state index contributed by atoms with van der Waals surface area (Å²) in [6.45, 7) is 14.4. The van der Waals surface area contributed by atoms with Crippen LogP contribution in [0.5, 0.6) is 5.88 Å². The molecule has 1 aliphatic carbocycles. The molecule has 2 aliphatic heterocycles. The minimum atomic E-state index is -0.424. The van der Waals surface area contributed by atoms with E-state index in [0.29, 0.717) is 52.9 Å². The molecular formula is C28H31N5O4. The van der Waals surface area contributed by atoms with Crippen molar-refractivity contribution in [3.8, 4) is 11.6 Å². The molecule has 2 bridgehead atoms. The van der Waals surface area contributed by atoms with Crippen molar-refractivity contribution in [1.82, 2.24) is 19.0 Å². The number of carbonyl (C=O) groups excluding carboxylic acids is 1. The molecule has 4 heterocycles. The fraction of sp³-hybridized carbons (Fsp3) is 0.500. The van der Waals surface area contributed by atoms with Gasteiger partial charge in [-0.1, -0.05) is 58.0 Å². The zero-order valence-electron chi connectivity index (χ0n) is 21.3. The molecule has 3 aromatic rings. The number of likely N-dealkylation sites (tertiary alicyclic amines) is 1. The van der Waals surface area contributed by atoms with Gasteiger partial charge in [-0.05, 0) is 37.0 Å². The van der Waals surface area contributed by atoms with Crippen molar-refractivity contribution < 1.29 is 14.6 Å². The summed E-state index contributed by atoms with van der Waals surface area (Å²) in [6, 6.07) is 6.58. The number of aromatic hydroxyl groups is 1. The van der Waals surface area contributed by atoms with Crippen LogP contribution in [0.2, 0.25) is 0 Å². The van der Waals surface area contributed by atoms with E-state index >= 15 is 0 Å². The van der Waals surface area contributed by atoms with Crippen LogP contribution in [0.15, 0.2) is 35.3 Å². The summed E-state index contributed by atoms with van der Waals surface area (Å²) in [5.74, 6) is 1.34. The fourth-order valence-corrected chi connectivity index (χ4v) is 6.74. The Morgan fingerprint density at radius 3 is 2.70 bits per heavy atom. The lowest BCUT2D eigenvalue weighted by molar-refractivity contribution is -0.0133. The van der Waals surface area contributed by atoms with Crippen molar-refractivity contribution in [3.63, 3.8) is 0 Å². The third-order valence-electron chi connectivity index (χ3n) is 8.61. The highest BCUT2D eigenvalue weighted by Gasteiger charge is 2.50. The van der Waals surface area contributed by atoms with Crippen LogP contribution in [0, 0.1) is 24.3 Å². The van der Waals surface area contributed by atoms with Crippen LogP contribution < -0.4 is 5.69 Å². The highest BCUT2D eigenvalue weighted by atomic mass is 16.6. The first kappa shape index (κ1) is 23.6. The number of ether oxygens (including phenoxy) is 1. The second-order valence-electron chi connectivity index (χ2n) is 11.1. The van der Waals surface area contributed by atoms with E-state index in [-0.39, 0.29) is 35.6 Å².